The monoisotopic (exact) mass is 796 g/mol. The molecule has 0 spiro atoms. The van der Waals surface area contributed by atoms with E-state index in [1.807, 2.05) is 53.9 Å². The second-order valence-electron chi connectivity index (χ2n) is 15.3. The molecule has 4 aromatic rings. The SMILES string of the molecule is Cc1ncccc1C(=O)N[C@@H]1CCCCC/C=C\C2C[C@@]2(C(=O)NS(=O)(=O)C2CC2)NC(=O)[C@@H]2C[C@@H](Oc3nc4ccccc4nc3-c3cccs3)CC2C1=O. The number of benzene rings is 1. The molecular weight excluding hydrogens is 753 g/mol. The van der Waals surface area contributed by atoms with Crippen molar-refractivity contribution >= 4 is 55.9 Å². The average molecular weight is 797 g/mol. The standard InChI is InChI=1S/C41H44N6O7S2/c1-24-28(12-9-19-42-24)37(49)44-33-15-6-4-2-3-5-11-25-23-41(25,40(51)47-56(52,53)27-17-18-27)46-38(50)30-22-26(21-29(30)36(33)48)54-39-35(34-16-10-20-55-34)43-31-13-7-8-14-32(31)45-39/h5,7-14,16,19-20,25-27,29-30,33H,2-4,6,15,17-18,21-23H2,1H3,(H,44,49)(H,46,50)(H,47,51)/b11-5-/t25?,26-,29?,30+,33+,41+/m0/s1. The van der Waals surface area contributed by atoms with Gasteiger partial charge in [-0.15, -0.1) is 11.3 Å². The summed E-state index contributed by atoms with van der Waals surface area (Å²) in [6.45, 7) is 1.73. The number of hydrogen-bond donors (Lipinski definition) is 3. The number of aryl methyl sites for hydroxylation is 1. The molecule has 2 unspecified atom stereocenters. The number of rotatable bonds is 8. The Morgan fingerprint density at radius 1 is 0.946 bits per heavy atom. The minimum atomic E-state index is -3.89. The van der Waals surface area contributed by atoms with Crippen LogP contribution < -0.4 is 20.1 Å². The number of hydrogen-bond acceptors (Lipinski definition) is 11. The third kappa shape index (κ3) is 7.83. The number of sulfonamides is 1. The highest BCUT2D eigenvalue weighted by Gasteiger charge is 2.62. The van der Waals surface area contributed by atoms with Gasteiger partial charge in [0.15, 0.2) is 5.78 Å². The smallest absolute Gasteiger partial charge is 0.259 e. The zero-order chi connectivity index (χ0) is 39.0. The van der Waals surface area contributed by atoms with Crippen molar-refractivity contribution in [2.24, 2.45) is 17.8 Å². The van der Waals surface area contributed by atoms with Crippen LogP contribution in [-0.2, 0) is 24.4 Å². The quantitative estimate of drug-likeness (QED) is 0.200. The molecule has 56 heavy (non-hydrogen) atoms. The van der Waals surface area contributed by atoms with Crippen LogP contribution in [0.1, 0.15) is 80.3 Å². The molecular formula is C41H44N6O7S2. The summed E-state index contributed by atoms with van der Waals surface area (Å²) in [6.07, 6.45) is 9.57. The molecule has 4 aliphatic rings. The van der Waals surface area contributed by atoms with Crippen molar-refractivity contribution in [2.45, 2.75) is 94.1 Å². The first-order valence-electron chi connectivity index (χ1n) is 19.3. The summed E-state index contributed by atoms with van der Waals surface area (Å²) in [4.78, 5) is 71.6. The van der Waals surface area contributed by atoms with Crippen LogP contribution in [0.4, 0.5) is 0 Å². The van der Waals surface area contributed by atoms with Crippen molar-refractivity contribution in [3.8, 4) is 16.5 Å². The van der Waals surface area contributed by atoms with Crippen LogP contribution in [0, 0.1) is 24.7 Å². The molecule has 3 N–H and O–H groups in total. The topological polar surface area (TPSA) is 186 Å². The number of para-hydroxylation sites is 2. The van der Waals surface area contributed by atoms with Gasteiger partial charge in [-0.3, -0.25) is 28.9 Å². The lowest BCUT2D eigenvalue weighted by Crippen LogP contribution is -2.54. The zero-order valence-electron chi connectivity index (χ0n) is 31.0. The van der Waals surface area contributed by atoms with E-state index in [4.69, 9.17) is 14.7 Å². The molecule has 0 saturated heterocycles. The number of nitrogens with zero attached hydrogens (tertiary/aromatic N) is 3. The summed E-state index contributed by atoms with van der Waals surface area (Å²) < 4.78 is 34.7. The first-order chi connectivity index (χ1) is 27.0. The minimum absolute atomic E-state index is 0.113. The molecule has 292 valence electrons. The second kappa shape index (κ2) is 15.5. The van der Waals surface area contributed by atoms with Gasteiger partial charge in [0.25, 0.3) is 11.8 Å². The molecule has 1 aliphatic heterocycles. The van der Waals surface area contributed by atoms with Gasteiger partial charge in [-0.05, 0) is 94.0 Å². The van der Waals surface area contributed by atoms with Crippen molar-refractivity contribution in [2.75, 3.05) is 0 Å². The van der Waals surface area contributed by atoms with Crippen molar-refractivity contribution in [3.63, 3.8) is 0 Å². The van der Waals surface area contributed by atoms with Gasteiger partial charge in [-0.1, -0.05) is 43.2 Å². The lowest BCUT2D eigenvalue weighted by atomic mass is 9.85. The van der Waals surface area contributed by atoms with Gasteiger partial charge in [0.05, 0.1) is 38.7 Å². The fraction of sp³-hybridized carbons (Fsp3) is 0.439. The highest BCUT2D eigenvalue weighted by Crippen LogP contribution is 2.47. The van der Waals surface area contributed by atoms with Crippen LogP contribution in [0.5, 0.6) is 5.88 Å². The summed E-state index contributed by atoms with van der Waals surface area (Å²) in [5.41, 5.74) is 1.26. The number of nitrogens with one attached hydrogen (secondary N) is 3. The van der Waals surface area contributed by atoms with Gasteiger partial charge in [0, 0.05) is 23.7 Å². The van der Waals surface area contributed by atoms with E-state index in [2.05, 4.69) is 20.3 Å². The Labute approximate surface area is 329 Å². The van der Waals surface area contributed by atoms with Gasteiger partial charge in [0.1, 0.15) is 17.3 Å². The van der Waals surface area contributed by atoms with E-state index < -0.39 is 68.4 Å². The number of carbonyl (C=O) groups excluding carboxylic acids is 4. The summed E-state index contributed by atoms with van der Waals surface area (Å²) in [7, 11) is -3.89. The molecule has 3 amide bonds. The maximum Gasteiger partial charge on any atom is 0.259 e. The third-order valence-electron chi connectivity index (χ3n) is 11.4. The van der Waals surface area contributed by atoms with Crippen LogP contribution in [0.15, 0.2) is 72.3 Å². The number of ether oxygens (including phenoxy) is 1. The minimum Gasteiger partial charge on any atom is -0.473 e. The Bertz CT molecular complexity index is 2310. The van der Waals surface area contributed by atoms with E-state index in [9.17, 15) is 27.6 Å². The Hall–Kier alpha value is -5.02. The molecule has 3 saturated carbocycles. The molecule has 1 aromatic carbocycles. The number of thiophene rings is 1. The molecule has 4 heterocycles. The van der Waals surface area contributed by atoms with Crippen molar-refractivity contribution < 1.29 is 32.3 Å². The lowest BCUT2D eigenvalue weighted by Gasteiger charge is -2.26. The van der Waals surface area contributed by atoms with Crippen molar-refractivity contribution in [1.82, 2.24) is 30.3 Å². The predicted octanol–water partition coefficient (Wildman–Crippen LogP) is 5.21. The predicted molar refractivity (Wildman–Crippen MR) is 210 cm³/mol. The molecule has 8 rings (SSSR count). The van der Waals surface area contributed by atoms with Crippen LogP contribution in [0.2, 0.25) is 0 Å². The number of Topliss-reactive ketones (excluding diaryl/α,β-unsaturated/α-hetero) is 1. The molecule has 13 nitrogen and oxygen atoms in total. The third-order valence-corrected chi connectivity index (χ3v) is 14.1. The highest BCUT2D eigenvalue weighted by atomic mass is 32.2. The van der Waals surface area contributed by atoms with Crippen LogP contribution in [0.3, 0.4) is 0 Å². The Morgan fingerprint density at radius 2 is 1.73 bits per heavy atom. The van der Waals surface area contributed by atoms with Gasteiger partial charge in [0.2, 0.25) is 21.8 Å². The Morgan fingerprint density at radius 3 is 2.48 bits per heavy atom. The highest BCUT2D eigenvalue weighted by molar-refractivity contribution is 7.91. The van der Waals surface area contributed by atoms with Crippen molar-refractivity contribution in [1.29, 1.82) is 0 Å². The number of amides is 3. The summed E-state index contributed by atoms with van der Waals surface area (Å²) in [5, 5.41) is 7.23. The van der Waals surface area contributed by atoms with E-state index in [0.29, 0.717) is 60.1 Å². The summed E-state index contributed by atoms with van der Waals surface area (Å²) >= 11 is 1.49. The second-order valence-corrected chi connectivity index (χ2v) is 18.3. The number of ketones is 1. The average Bonchev–Trinajstić information content (AvgIpc) is 4.05. The molecule has 6 atom stereocenters. The van der Waals surface area contributed by atoms with Crippen LogP contribution in [-0.4, -0.2) is 69.8 Å². The summed E-state index contributed by atoms with van der Waals surface area (Å²) in [6, 6.07) is 13.7. The molecule has 15 heteroatoms. The molecule has 3 fully saturated rings. The van der Waals surface area contributed by atoms with Crippen LogP contribution >= 0.6 is 11.3 Å². The Kier molecular flexibility index (Phi) is 10.5. The fourth-order valence-corrected chi connectivity index (χ4v) is 10.1. The number of pyridine rings is 1. The molecule has 0 bridgehead atoms. The Balaban J connectivity index is 1.13. The van der Waals surface area contributed by atoms with E-state index >= 15 is 0 Å². The number of fused-ring (bicyclic) bond motifs is 3. The number of carbonyl (C=O) groups is 4. The normalized spacial score (nSPS) is 27.5. The van der Waals surface area contributed by atoms with Crippen molar-refractivity contribution in [3.05, 3.63) is 83.5 Å². The van der Waals surface area contributed by atoms with E-state index in [-0.39, 0.29) is 30.9 Å². The molecule has 3 aliphatic carbocycles. The zero-order valence-corrected chi connectivity index (χ0v) is 32.6. The molecule has 3 aromatic heterocycles. The van der Waals surface area contributed by atoms with Gasteiger partial charge < -0.3 is 15.4 Å². The van der Waals surface area contributed by atoms with E-state index in [0.717, 1.165) is 17.7 Å². The van der Waals surface area contributed by atoms with Crippen LogP contribution in [0.25, 0.3) is 21.6 Å². The van der Waals surface area contributed by atoms with Gasteiger partial charge in [-0.2, -0.15) is 0 Å². The van der Waals surface area contributed by atoms with Gasteiger partial charge >= 0.3 is 0 Å². The molecule has 0 radical (unpaired) electrons. The number of aromatic nitrogens is 3. The number of allylic oxidation sites excluding steroid dienone is 1. The van der Waals surface area contributed by atoms with E-state index in [1.165, 1.54) is 11.3 Å². The fourth-order valence-electron chi connectivity index (χ4n) is 8.02. The first-order valence-corrected chi connectivity index (χ1v) is 21.7. The summed E-state index contributed by atoms with van der Waals surface area (Å²) in [5.74, 6) is -4.03. The maximum atomic E-state index is 14.8. The van der Waals surface area contributed by atoms with Gasteiger partial charge in [-0.25, -0.2) is 18.4 Å². The van der Waals surface area contributed by atoms with E-state index in [1.54, 1.807) is 25.3 Å². The lowest BCUT2D eigenvalue weighted by molar-refractivity contribution is -0.136. The first kappa shape index (κ1) is 37.9. The maximum absolute atomic E-state index is 14.8. The largest absolute Gasteiger partial charge is 0.473 e.